The molecule has 2 aromatic heterocycles. The second-order valence-electron chi connectivity index (χ2n) is 6.47. The number of nitrogens with one attached hydrogen (secondary N) is 1. The molecule has 0 bridgehead atoms. The van der Waals surface area contributed by atoms with Crippen molar-refractivity contribution < 1.29 is 26.3 Å². The van der Waals surface area contributed by atoms with E-state index in [1.54, 1.807) is 0 Å². The van der Waals surface area contributed by atoms with E-state index >= 15 is 0 Å². The van der Waals surface area contributed by atoms with E-state index in [9.17, 15) is 26.3 Å². The second-order valence-corrected chi connectivity index (χ2v) is 6.83. The van der Waals surface area contributed by atoms with Crippen LogP contribution in [0.4, 0.5) is 32.2 Å². The smallest absolute Gasteiger partial charge is 0.368 e. The third kappa shape index (κ3) is 2.93. The third-order valence-corrected chi connectivity index (χ3v) is 4.96. The van der Waals surface area contributed by atoms with Crippen molar-refractivity contribution in [1.82, 2.24) is 19.6 Å². The van der Waals surface area contributed by atoms with Gasteiger partial charge in [0.05, 0.1) is 16.5 Å². The van der Waals surface area contributed by atoms with Crippen molar-refractivity contribution in [3.8, 4) is 11.1 Å². The van der Waals surface area contributed by atoms with Crippen molar-refractivity contribution in [3.63, 3.8) is 0 Å². The molecule has 1 fully saturated rings. The second kappa shape index (κ2) is 6.23. The van der Waals surface area contributed by atoms with E-state index in [1.165, 1.54) is 0 Å². The number of fused-ring (bicyclic) bond motifs is 1. The van der Waals surface area contributed by atoms with Gasteiger partial charge >= 0.3 is 6.18 Å². The van der Waals surface area contributed by atoms with Gasteiger partial charge in [0.1, 0.15) is 34.7 Å². The van der Waals surface area contributed by atoms with Crippen LogP contribution >= 0.6 is 11.6 Å². The van der Waals surface area contributed by atoms with Crippen molar-refractivity contribution >= 4 is 23.2 Å². The highest BCUT2D eigenvalue weighted by molar-refractivity contribution is 6.33. The number of benzene rings is 1. The van der Waals surface area contributed by atoms with Gasteiger partial charge in [0, 0.05) is 18.7 Å². The zero-order valence-corrected chi connectivity index (χ0v) is 14.5. The summed E-state index contributed by atoms with van der Waals surface area (Å²) >= 11 is 6.06. The fourth-order valence-electron chi connectivity index (χ4n) is 2.95. The minimum atomic E-state index is -4.45. The molecule has 0 aliphatic heterocycles. The van der Waals surface area contributed by atoms with Crippen molar-refractivity contribution in [2.24, 2.45) is 5.41 Å². The van der Waals surface area contributed by atoms with Gasteiger partial charge in [0.15, 0.2) is 0 Å². The first kappa shape index (κ1) is 18.8. The standard InChI is InChI=1S/C16H10ClF6N5/c17-12-11(10-8(19)3-7(18)4-9(10)20)13(28-14(27-12)25-6-26-28)24-5-15(1-2-15)16(21,22)23/h3-4,6,24H,1-2,5H2. The van der Waals surface area contributed by atoms with Crippen molar-refractivity contribution in [2.45, 2.75) is 19.0 Å². The minimum Gasteiger partial charge on any atom is -0.368 e. The quantitative estimate of drug-likeness (QED) is 0.493. The Bertz CT molecular complexity index is 1050. The topological polar surface area (TPSA) is 55.1 Å². The Kier molecular flexibility index (Phi) is 4.18. The molecular formula is C16H10ClF6N5. The number of hydrogen-bond acceptors (Lipinski definition) is 4. The van der Waals surface area contributed by atoms with E-state index in [2.05, 4.69) is 20.4 Å². The van der Waals surface area contributed by atoms with Crippen LogP contribution in [0.15, 0.2) is 18.5 Å². The van der Waals surface area contributed by atoms with E-state index in [0.29, 0.717) is 12.1 Å². The summed E-state index contributed by atoms with van der Waals surface area (Å²) in [6, 6.07) is 0.865. The summed E-state index contributed by atoms with van der Waals surface area (Å²) in [6.45, 7) is -0.566. The molecule has 5 nitrogen and oxygen atoms in total. The van der Waals surface area contributed by atoms with Crippen LogP contribution in [0.25, 0.3) is 16.9 Å². The van der Waals surface area contributed by atoms with Crippen LogP contribution < -0.4 is 5.32 Å². The van der Waals surface area contributed by atoms with Gasteiger partial charge in [-0.3, -0.25) is 0 Å². The summed E-state index contributed by atoms with van der Waals surface area (Å²) < 4.78 is 82.7. The lowest BCUT2D eigenvalue weighted by Gasteiger charge is -2.22. The maximum Gasteiger partial charge on any atom is 0.396 e. The molecule has 1 saturated carbocycles. The number of nitrogens with zero attached hydrogens (tertiary/aromatic N) is 4. The minimum absolute atomic E-state index is 0.0859. The molecule has 12 heteroatoms. The molecule has 0 saturated heterocycles. The van der Waals surface area contributed by atoms with E-state index in [0.717, 1.165) is 10.8 Å². The molecule has 28 heavy (non-hydrogen) atoms. The van der Waals surface area contributed by atoms with Gasteiger partial charge in [-0.15, -0.1) is 0 Å². The fourth-order valence-corrected chi connectivity index (χ4v) is 3.21. The molecule has 1 N–H and O–H groups in total. The molecule has 0 unspecified atom stereocenters. The molecular weight excluding hydrogens is 412 g/mol. The number of aromatic nitrogens is 4. The first-order chi connectivity index (χ1) is 13.1. The van der Waals surface area contributed by atoms with Crippen LogP contribution in [0, 0.1) is 22.9 Å². The number of anilines is 1. The van der Waals surface area contributed by atoms with Gasteiger partial charge in [0.2, 0.25) is 0 Å². The van der Waals surface area contributed by atoms with Gasteiger partial charge in [-0.05, 0) is 12.8 Å². The molecule has 1 aliphatic carbocycles. The SMILES string of the molecule is Fc1cc(F)c(-c2c(Cl)nc3ncnn3c2NCC2(C(F)(F)F)CC2)c(F)c1. The molecule has 4 rings (SSSR count). The fraction of sp³-hybridized carbons (Fsp3) is 0.312. The highest BCUT2D eigenvalue weighted by Gasteiger charge is 2.63. The van der Waals surface area contributed by atoms with E-state index in [-0.39, 0.29) is 30.0 Å². The predicted octanol–water partition coefficient (Wildman–Crippen LogP) is 4.62. The Morgan fingerprint density at radius 2 is 1.75 bits per heavy atom. The largest absolute Gasteiger partial charge is 0.396 e. The first-order valence-electron chi connectivity index (χ1n) is 7.98. The zero-order chi connectivity index (χ0) is 20.3. The number of alkyl halides is 3. The molecule has 0 radical (unpaired) electrons. The molecule has 0 spiro atoms. The lowest BCUT2D eigenvalue weighted by atomic mass is 10.0. The molecule has 0 atom stereocenters. The molecule has 1 aromatic carbocycles. The summed E-state index contributed by atoms with van der Waals surface area (Å²) in [5, 5.41) is 5.95. The summed E-state index contributed by atoms with van der Waals surface area (Å²) in [5.41, 5.74) is -3.07. The normalized spacial score (nSPS) is 15.8. The van der Waals surface area contributed by atoms with E-state index in [1.807, 2.05) is 0 Å². The van der Waals surface area contributed by atoms with Gasteiger partial charge in [-0.25, -0.2) is 13.2 Å². The Hall–Kier alpha value is -2.56. The first-order valence-corrected chi connectivity index (χ1v) is 8.35. The Balaban J connectivity index is 1.88. The maximum atomic E-state index is 14.3. The van der Waals surface area contributed by atoms with Crippen molar-refractivity contribution in [3.05, 3.63) is 41.1 Å². The summed E-state index contributed by atoms with van der Waals surface area (Å²) in [4.78, 5) is 7.64. The van der Waals surface area contributed by atoms with Crippen LogP contribution in [0.1, 0.15) is 12.8 Å². The molecule has 148 valence electrons. The van der Waals surface area contributed by atoms with Gasteiger partial charge in [-0.1, -0.05) is 11.6 Å². The molecule has 3 aromatic rings. The molecule has 1 aliphatic rings. The highest BCUT2D eigenvalue weighted by atomic mass is 35.5. The average Bonchev–Trinajstić information content (AvgIpc) is 3.25. The third-order valence-electron chi connectivity index (χ3n) is 4.69. The Morgan fingerprint density at radius 1 is 1.11 bits per heavy atom. The lowest BCUT2D eigenvalue weighted by molar-refractivity contribution is -0.182. The molecule has 2 heterocycles. The van der Waals surface area contributed by atoms with E-state index < -0.39 is 46.3 Å². The lowest BCUT2D eigenvalue weighted by Crippen LogP contribution is -2.32. The van der Waals surface area contributed by atoms with Crippen molar-refractivity contribution in [2.75, 3.05) is 11.9 Å². The average molecular weight is 422 g/mol. The van der Waals surface area contributed by atoms with Crippen molar-refractivity contribution in [1.29, 1.82) is 0 Å². The van der Waals surface area contributed by atoms with Gasteiger partial charge in [0.25, 0.3) is 5.78 Å². The Labute approximate surface area is 158 Å². The summed E-state index contributed by atoms with van der Waals surface area (Å²) in [6.07, 6.45) is -3.57. The monoisotopic (exact) mass is 421 g/mol. The maximum absolute atomic E-state index is 14.3. The Morgan fingerprint density at radius 3 is 2.32 bits per heavy atom. The van der Waals surface area contributed by atoms with Crippen LogP contribution in [-0.4, -0.2) is 32.3 Å². The predicted molar refractivity (Wildman–Crippen MR) is 87.3 cm³/mol. The summed E-state index contributed by atoms with van der Waals surface area (Å²) in [7, 11) is 0. The number of rotatable bonds is 4. The van der Waals surface area contributed by atoms with Gasteiger partial charge < -0.3 is 5.32 Å². The van der Waals surface area contributed by atoms with Gasteiger partial charge in [-0.2, -0.15) is 32.8 Å². The zero-order valence-electron chi connectivity index (χ0n) is 13.8. The number of hydrogen-bond donors (Lipinski definition) is 1. The number of halogens is 7. The van der Waals surface area contributed by atoms with Crippen LogP contribution in [-0.2, 0) is 0 Å². The molecule has 0 amide bonds. The van der Waals surface area contributed by atoms with Crippen LogP contribution in [0.3, 0.4) is 0 Å². The van der Waals surface area contributed by atoms with Crippen LogP contribution in [0.5, 0.6) is 0 Å². The summed E-state index contributed by atoms with van der Waals surface area (Å²) in [5.74, 6) is -4.06. The van der Waals surface area contributed by atoms with Crippen LogP contribution in [0.2, 0.25) is 5.15 Å². The van der Waals surface area contributed by atoms with E-state index in [4.69, 9.17) is 11.6 Å². The highest BCUT2D eigenvalue weighted by Crippen LogP contribution is 2.57.